The van der Waals surface area contributed by atoms with Crippen LogP contribution < -0.4 is 15.8 Å². The first kappa shape index (κ1) is 19.2. The number of ether oxygens (including phenoxy) is 2. The van der Waals surface area contributed by atoms with E-state index in [0.29, 0.717) is 43.0 Å². The molecule has 0 saturated carbocycles. The van der Waals surface area contributed by atoms with E-state index in [1.54, 1.807) is 12.1 Å². The number of halogens is 2. The van der Waals surface area contributed by atoms with Gasteiger partial charge < -0.3 is 20.5 Å². The maximum absolute atomic E-state index is 13.7. The van der Waals surface area contributed by atoms with Crippen molar-refractivity contribution in [2.45, 2.75) is 19.6 Å². The summed E-state index contributed by atoms with van der Waals surface area (Å²) in [7, 11) is 0. The smallest absolute Gasteiger partial charge is 0.251 e. The average molecular weight is 367 g/mol. The summed E-state index contributed by atoms with van der Waals surface area (Å²) in [4.78, 5) is 12.1. The maximum Gasteiger partial charge on any atom is 0.251 e. The second-order valence-corrected chi connectivity index (χ2v) is 5.57. The van der Waals surface area contributed by atoms with Crippen LogP contribution >= 0.6 is 12.4 Å². The predicted molar refractivity (Wildman–Crippen MR) is 94.3 cm³/mol. The van der Waals surface area contributed by atoms with Crippen LogP contribution in [0.1, 0.15) is 27.0 Å². The van der Waals surface area contributed by atoms with Crippen molar-refractivity contribution in [2.24, 2.45) is 5.73 Å². The van der Waals surface area contributed by atoms with Crippen molar-refractivity contribution in [1.82, 2.24) is 5.32 Å². The third-order valence-corrected chi connectivity index (χ3v) is 3.88. The lowest BCUT2D eigenvalue weighted by Crippen LogP contribution is -2.26. The van der Waals surface area contributed by atoms with E-state index in [1.165, 1.54) is 12.1 Å². The van der Waals surface area contributed by atoms with Gasteiger partial charge in [-0.3, -0.25) is 4.79 Å². The molecule has 5 nitrogen and oxygen atoms in total. The molecular weight excluding hydrogens is 347 g/mol. The van der Waals surface area contributed by atoms with Gasteiger partial charge in [-0.1, -0.05) is 12.1 Å². The number of nitrogens with one attached hydrogen (secondary N) is 1. The molecule has 7 heteroatoms. The Balaban J connectivity index is 0.00000225. The molecule has 0 atom stereocenters. The number of amides is 1. The van der Waals surface area contributed by atoms with Crippen LogP contribution in [0, 0.1) is 5.82 Å². The quantitative estimate of drug-likeness (QED) is 0.852. The zero-order valence-electron chi connectivity index (χ0n) is 13.6. The van der Waals surface area contributed by atoms with Crippen molar-refractivity contribution in [1.29, 1.82) is 0 Å². The highest BCUT2D eigenvalue weighted by atomic mass is 35.5. The van der Waals surface area contributed by atoms with Crippen molar-refractivity contribution < 1.29 is 18.7 Å². The Morgan fingerprint density at radius 2 is 2.00 bits per heavy atom. The van der Waals surface area contributed by atoms with Crippen LogP contribution in [-0.4, -0.2) is 19.2 Å². The number of carbonyl (C=O) groups is 1. The molecular formula is C18H20ClFN2O3. The lowest BCUT2D eigenvalue weighted by molar-refractivity contribution is -0.0172. The third kappa shape index (κ3) is 4.69. The number of hydrogen-bond donors (Lipinski definition) is 2. The van der Waals surface area contributed by atoms with Crippen molar-refractivity contribution in [2.75, 3.05) is 13.3 Å². The van der Waals surface area contributed by atoms with Crippen molar-refractivity contribution >= 4 is 18.3 Å². The van der Waals surface area contributed by atoms with Crippen LogP contribution in [0.25, 0.3) is 0 Å². The van der Waals surface area contributed by atoms with Crippen molar-refractivity contribution in [3.05, 3.63) is 64.5 Å². The molecule has 0 unspecified atom stereocenters. The third-order valence-electron chi connectivity index (χ3n) is 3.88. The highest BCUT2D eigenvalue weighted by Gasteiger charge is 2.17. The molecule has 3 N–H and O–H groups in total. The van der Waals surface area contributed by atoms with Gasteiger partial charge in [-0.2, -0.15) is 0 Å². The van der Waals surface area contributed by atoms with E-state index >= 15 is 0 Å². The van der Waals surface area contributed by atoms with Gasteiger partial charge in [-0.25, -0.2) is 4.39 Å². The molecule has 0 radical (unpaired) electrons. The summed E-state index contributed by atoms with van der Waals surface area (Å²) in [6.45, 7) is 1.32. The lowest BCUT2D eigenvalue weighted by atomic mass is 10.1. The van der Waals surface area contributed by atoms with Crippen LogP contribution in [0.2, 0.25) is 0 Å². The van der Waals surface area contributed by atoms with Crippen LogP contribution in [0.5, 0.6) is 5.75 Å². The van der Waals surface area contributed by atoms with Gasteiger partial charge in [0.05, 0.1) is 6.61 Å². The molecule has 1 aliphatic heterocycles. The van der Waals surface area contributed by atoms with Crippen LogP contribution in [0.3, 0.4) is 0 Å². The minimum Gasteiger partial charge on any atom is -0.467 e. The van der Waals surface area contributed by atoms with Gasteiger partial charge >= 0.3 is 0 Å². The molecule has 0 saturated heterocycles. The van der Waals surface area contributed by atoms with Crippen LogP contribution in [-0.2, 0) is 24.3 Å². The Bertz CT molecular complexity index is 738. The van der Waals surface area contributed by atoms with Gasteiger partial charge in [0.1, 0.15) is 11.6 Å². The Hall–Kier alpha value is -2.15. The summed E-state index contributed by atoms with van der Waals surface area (Å²) in [6.07, 6.45) is 0.479. The van der Waals surface area contributed by atoms with E-state index < -0.39 is 0 Å². The van der Waals surface area contributed by atoms with Crippen molar-refractivity contribution in [3.8, 4) is 5.75 Å². The predicted octanol–water partition coefficient (Wildman–Crippen LogP) is 2.55. The summed E-state index contributed by atoms with van der Waals surface area (Å²) in [5.74, 6) is 0.152. The van der Waals surface area contributed by atoms with Crippen LogP contribution in [0.4, 0.5) is 4.39 Å². The minimum atomic E-state index is -0.332. The number of fused-ring (bicyclic) bond motifs is 1. The second kappa shape index (κ2) is 8.80. The Morgan fingerprint density at radius 3 is 2.72 bits per heavy atom. The SMILES string of the molecule is Cl.NCc1ccc(C(=O)NCCc2cc(F)cc3c2OCOC3)cc1. The van der Waals surface area contributed by atoms with Gasteiger partial charge in [0.15, 0.2) is 6.79 Å². The number of carbonyl (C=O) groups excluding carboxylic acids is 1. The van der Waals surface area contributed by atoms with E-state index in [2.05, 4.69) is 5.32 Å². The summed E-state index contributed by atoms with van der Waals surface area (Å²) in [5.41, 5.74) is 8.50. The average Bonchev–Trinajstić information content (AvgIpc) is 2.61. The van der Waals surface area contributed by atoms with E-state index in [1.807, 2.05) is 12.1 Å². The number of nitrogens with two attached hydrogens (primary N) is 1. The molecule has 2 aromatic rings. The fraction of sp³-hybridized carbons (Fsp3) is 0.278. The molecule has 25 heavy (non-hydrogen) atoms. The summed E-state index contributed by atoms with van der Waals surface area (Å²) < 4.78 is 24.3. The molecule has 0 fully saturated rings. The first-order chi connectivity index (χ1) is 11.7. The summed E-state index contributed by atoms with van der Waals surface area (Å²) in [6, 6.07) is 9.98. The van der Waals surface area contributed by atoms with Crippen LogP contribution in [0.15, 0.2) is 36.4 Å². The number of hydrogen-bond acceptors (Lipinski definition) is 4. The summed E-state index contributed by atoms with van der Waals surface area (Å²) >= 11 is 0. The zero-order chi connectivity index (χ0) is 16.9. The largest absolute Gasteiger partial charge is 0.467 e. The number of benzene rings is 2. The topological polar surface area (TPSA) is 73.6 Å². The molecule has 0 bridgehead atoms. The molecule has 134 valence electrons. The normalized spacial score (nSPS) is 12.6. The molecule has 0 aromatic heterocycles. The highest BCUT2D eigenvalue weighted by molar-refractivity contribution is 5.94. The number of rotatable bonds is 5. The van der Waals surface area contributed by atoms with Crippen molar-refractivity contribution in [3.63, 3.8) is 0 Å². The lowest BCUT2D eigenvalue weighted by Gasteiger charge is -2.21. The molecule has 0 spiro atoms. The molecule has 2 aromatic carbocycles. The fourth-order valence-corrected chi connectivity index (χ4v) is 2.65. The zero-order valence-corrected chi connectivity index (χ0v) is 14.4. The molecule has 1 amide bonds. The Morgan fingerprint density at radius 1 is 1.24 bits per heavy atom. The standard InChI is InChI=1S/C18H19FN2O3.ClH/c19-16-7-14(17-15(8-16)10-23-11-24-17)5-6-21-18(22)13-3-1-12(9-20)2-4-13;/h1-4,7-8H,5-6,9-11,20H2,(H,21,22);1H. The molecule has 3 rings (SSSR count). The molecule has 1 heterocycles. The monoisotopic (exact) mass is 366 g/mol. The van der Waals surface area contributed by atoms with Gasteiger partial charge in [-0.15, -0.1) is 12.4 Å². The van der Waals surface area contributed by atoms with E-state index in [4.69, 9.17) is 15.2 Å². The first-order valence-corrected chi connectivity index (χ1v) is 7.76. The van der Waals surface area contributed by atoms with Gasteiger partial charge in [0, 0.05) is 24.2 Å². The van der Waals surface area contributed by atoms with Gasteiger partial charge in [-0.05, 0) is 41.8 Å². The Kier molecular flexibility index (Phi) is 6.75. The van der Waals surface area contributed by atoms with Gasteiger partial charge in [0.25, 0.3) is 5.91 Å². The summed E-state index contributed by atoms with van der Waals surface area (Å²) in [5, 5.41) is 2.83. The molecule has 1 aliphatic rings. The Labute approximate surface area is 151 Å². The molecule has 0 aliphatic carbocycles. The first-order valence-electron chi connectivity index (χ1n) is 7.76. The van der Waals surface area contributed by atoms with E-state index in [0.717, 1.165) is 11.1 Å². The fourth-order valence-electron chi connectivity index (χ4n) is 2.65. The van der Waals surface area contributed by atoms with E-state index in [-0.39, 0.29) is 30.9 Å². The highest BCUT2D eigenvalue weighted by Crippen LogP contribution is 2.29. The minimum absolute atomic E-state index is 0. The second-order valence-electron chi connectivity index (χ2n) is 5.57. The van der Waals surface area contributed by atoms with E-state index in [9.17, 15) is 9.18 Å². The maximum atomic E-state index is 13.7. The van der Waals surface area contributed by atoms with Gasteiger partial charge in [0.2, 0.25) is 0 Å².